The van der Waals surface area contributed by atoms with Crippen LogP contribution in [0.15, 0.2) is 54.6 Å². The zero-order valence-electron chi connectivity index (χ0n) is 15.0. The van der Waals surface area contributed by atoms with E-state index >= 15 is 0 Å². The predicted molar refractivity (Wildman–Crippen MR) is 101 cm³/mol. The first-order valence-corrected chi connectivity index (χ1v) is 8.99. The summed E-state index contributed by atoms with van der Waals surface area (Å²) >= 11 is 0. The summed E-state index contributed by atoms with van der Waals surface area (Å²) in [7, 11) is 0. The van der Waals surface area contributed by atoms with Crippen LogP contribution < -0.4 is 10.1 Å². The number of piperidine rings is 1. The van der Waals surface area contributed by atoms with Crippen molar-refractivity contribution in [1.82, 2.24) is 4.90 Å². The molecule has 1 N–H and O–H groups in total. The topological polar surface area (TPSA) is 58.6 Å². The number of benzene rings is 2. The average Bonchev–Trinajstić information content (AvgIpc) is 2.67. The van der Waals surface area contributed by atoms with Gasteiger partial charge in [-0.15, -0.1) is 0 Å². The molecule has 2 amide bonds. The molecule has 5 heteroatoms. The van der Waals surface area contributed by atoms with Gasteiger partial charge in [0.25, 0.3) is 0 Å². The maximum atomic E-state index is 12.3. The smallest absolute Gasteiger partial charge is 0.313 e. The van der Waals surface area contributed by atoms with Crippen molar-refractivity contribution in [2.24, 2.45) is 5.92 Å². The Morgan fingerprint density at radius 1 is 1.12 bits per heavy atom. The predicted octanol–water partition coefficient (Wildman–Crippen LogP) is 3.46. The summed E-state index contributed by atoms with van der Waals surface area (Å²) in [4.78, 5) is 26.1. The molecule has 1 atom stereocenters. The van der Waals surface area contributed by atoms with Gasteiger partial charge in [-0.05, 0) is 48.6 Å². The Bertz CT molecular complexity index is 744. The van der Waals surface area contributed by atoms with Crippen LogP contribution in [0.4, 0.5) is 5.69 Å². The summed E-state index contributed by atoms with van der Waals surface area (Å²) in [6.07, 6.45) is 2.06. The molecule has 1 saturated heterocycles. The minimum absolute atomic E-state index is 0.446. The first-order chi connectivity index (χ1) is 12.6. The fraction of sp³-hybridized carbons (Fsp3) is 0.333. The van der Waals surface area contributed by atoms with Gasteiger partial charge in [0.05, 0.1) is 0 Å². The number of nitrogens with one attached hydrogen (secondary N) is 1. The number of carbonyl (C=O) groups excluding carboxylic acids is 2. The Kier molecular flexibility index (Phi) is 5.89. The second-order valence-corrected chi connectivity index (χ2v) is 6.75. The van der Waals surface area contributed by atoms with Gasteiger partial charge in [0.15, 0.2) is 0 Å². The second-order valence-electron chi connectivity index (χ2n) is 6.75. The number of rotatable bonds is 4. The molecule has 1 heterocycles. The molecule has 0 radical (unpaired) electrons. The number of likely N-dealkylation sites (tertiary alicyclic amines) is 1. The number of nitrogens with zero attached hydrogens (tertiary/aromatic N) is 1. The third kappa shape index (κ3) is 4.85. The summed E-state index contributed by atoms with van der Waals surface area (Å²) in [6, 6.07) is 17.0. The van der Waals surface area contributed by atoms with E-state index in [0.717, 1.165) is 18.4 Å². The molecule has 136 valence electrons. The van der Waals surface area contributed by atoms with Crippen molar-refractivity contribution in [2.45, 2.75) is 26.4 Å². The van der Waals surface area contributed by atoms with E-state index in [-0.39, 0.29) is 0 Å². The lowest BCUT2D eigenvalue weighted by molar-refractivity contribution is -0.144. The van der Waals surface area contributed by atoms with Gasteiger partial charge >= 0.3 is 11.8 Å². The summed E-state index contributed by atoms with van der Waals surface area (Å²) in [5.41, 5.74) is 1.67. The van der Waals surface area contributed by atoms with Gasteiger partial charge in [0.1, 0.15) is 12.4 Å². The van der Waals surface area contributed by atoms with Gasteiger partial charge < -0.3 is 15.0 Å². The maximum Gasteiger partial charge on any atom is 0.313 e. The van der Waals surface area contributed by atoms with Gasteiger partial charge in [-0.2, -0.15) is 0 Å². The largest absolute Gasteiger partial charge is 0.489 e. The van der Waals surface area contributed by atoms with Crippen molar-refractivity contribution in [3.8, 4) is 5.75 Å². The third-order valence-corrected chi connectivity index (χ3v) is 4.50. The molecule has 3 rings (SSSR count). The summed E-state index contributed by atoms with van der Waals surface area (Å²) in [5.74, 6) is 0.114. The first kappa shape index (κ1) is 18.0. The molecular weight excluding hydrogens is 328 g/mol. The Labute approximate surface area is 154 Å². The van der Waals surface area contributed by atoms with Gasteiger partial charge in [-0.3, -0.25) is 9.59 Å². The van der Waals surface area contributed by atoms with E-state index in [4.69, 9.17) is 4.74 Å². The minimum Gasteiger partial charge on any atom is -0.489 e. The quantitative estimate of drug-likeness (QED) is 0.857. The fourth-order valence-corrected chi connectivity index (χ4v) is 3.08. The number of hydrogen-bond acceptors (Lipinski definition) is 3. The molecule has 26 heavy (non-hydrogen) atoms. The van der Waals surface area contributed by atoms with Gasteiger partial charge in [-0.1, -0.05) is 37.3 Å². The molecular formula is C21H24N2O3. The monoisotopic (exact) mass is 352 g/mol. The number of carbonyl (C=O) groups is 2. The molecule has 0 spiro atoms. The van der Waals surface area contributed by atoms with Gasteiger partial charge in [-0.25, -0.2) is 0 Å². The highest BCUT2D eigenvalue weighted by atomic mass is 16.5. The van der Waals surface area contributed by atoms with E-state index in [0.29, 0.717) is 37.1 Å². The van der Waals surface area contributed by atoms with Crippen LogP contribution in [-0.4, -0.2) is 29.8 Å². The lowest BCUT2D eigenvalue weighted by Crippen LogP contribution is -2.44. The highest BCUT2D eigenvalue weighted by Crippen LogP contribution is 2.18. The first-order valence-electron chi connectivity index (χ1n) is 8.99. The van der Waals surface area contributed by atoms with E-state index in [2.05, 4.69) is 12.2 Å². The summed E-state index contributed by atoms with van der Waals surface area (Å²) < 4.78 is 5.72. The van der Waals surface area contributed by atoms with Crippen LogP contribution >= 0.6 is 0 Å². The lowest BCUT2D eigenvalue weighted by Gasteiger charge is -2.30. The Balaban J connectivity index is 1.51. The normalized spacial score (nSPS) is 16.8. The number of amides is 2. The zero-order valence-corrected chi connectivity index (χ0v) is 15.0. The Hall–Kier alpha value is -2.82. The van der Waals surface area contributed by atoms with Crippen molar-refractivity contribution in [1.29, 1.82) is 0 Å². The molecule has 2 aromatic carbocycles. The molecule has 0 bridgehead atoms. The van der Waals surface area contributed by atoms with Crippen LogP contribution in [0, 0.1) is 5.92 Å². The van der Waals surface area contributed by atoms with Gasteiger partial charge in [0, 0.05) is 18.8 Å². The van der Waals surface area contributed by atoms with Crippen LogP contribution in [0.25, 0.3) is 0 Å². The van der Waals surface area contributed by atoms with Crippen molar-refractivity contribution >= 4 is 17.5 Å². The SMILES string of the molecule is CC1CCCN(C(=O)C(=O)Nc2ccc(OCc3ccccc3)cc2)C1. The Morgan fingerprint density at radius 2 is 1.85 bits per heavy atom. The van der Waals surface area contributed by atoms with E-state index in [1.165, 1.54) is 0 Å². The van der Waals surface area contributed by atoms with Crippen LogP contribution in [0.3, 0.4) is 0 Å². The molecule has 2 aromatic rings. The van der Waals surface area contributed by atoms with Crippen molar-refractivity contribution in [3.05, 3.63) is 60.2 Å². The average molecular weight is 352 g/mol. The lowest BCUT2D eigenvalue weighted by atomic mass is 10.0. The van der Waals surface area contributed by atoms with E-state index in [1.54, 1.807) is 29.2 Å². The van der Waals surface area contributed by atoms with Crippen LogP contribution in [0.1, 0.15) is 25.3 Å². The molecule has 0 aliphatic carbocycles. The molecule has 0 saturated carbocycles. The molecule has 0 aromatic heterocycles. The van der Waals surface area contributed by atoms with E-state index in [9.17, 15) is 9.59 Å². The highest BCUT2D eigenvalue weighted by Gasteiger charge is 2.26. The number of hydrogen-bond donors (Lipinski definition) is 1. The molecule has 1 aliphatic heterocycles. The maximum absolute atomic E-state index is 12.3. The summed E-state index contributed by atoms with van der Waals surface area (Å²) in [6.45, 7) is 3.89. The Morgan fingerprint density at radius 3 is 2.54 bits per heavy atom. The minimum atomic E-state index is -0.586. The van der Waals surface area contributed by atoms with Crippen LogP contribution in [0.5, 0.6) is 5.75 Å². The number of anilines is 1. The summed E-state index contributed by atoms with van der Waals surface area (Å²) in [5, 5.41) is 2.67. The van der Waals surface area contributed by atoms with Crippen LogP contribution in [-0.2, 0) is 16.2 Å². The van der Waals surface area contributed by atoms with Gasteiger partial charge in [0.2, 0.25) is 0 Å². The van der Waals surface area contributed by atoms with E-state index in [1.807, 2.05) is 30.3 Å². The highest BCUT2D eigenvalue weighted by molar-refractivity contribution is 6.39. The van der Waals surface area contributed by atoms with Crippen molar-refractivity contribution < 1.29 is 14.3 Å². The fourth-order valence-electron chi connectivity index (χ4n) is 3.08. The third-order valence-electron chi connectivity index (χ3n) is 4.50. The molecule has 1 aliphatic rings. The van der Waals surface area contributed by atoms with Crippen molar-refractivity contribution in [2.75, 3.05) is 18.4 Å². The van der Waals surface area contributed by atoms with Crippen LogP contribution in [0.2, 0.25) is 0 Å². The molecule has 1 fully saturated rings. The zero-order chi connectivity index (χ0) is 18.4. The van der Waals surface area contributed by atoms with E-state index < -0.39 is 11.8 Å². The second kappa shape index (κ2) is 8.52. The number of ether oxygens (including phenoxy) is 1. The van der Waals surface area contributed by atoms with Crippen molar-refractivity contribution in [3.63, 3.8) is 0 Å². The molecule has 1 unspecified atom stereocenters. The standard InChI is InChI=1S/C21H24N2O3/c1-16-6-5-13-23(14-16)21(25)20(24)22-18-9-11-19(12-10-18)26-15-17-7-3-2-4-8-17/h2-4,7-12,16H,5-6,13-15H2,1H3,(H,22,24). The molecule has 5 nitrogen and oxygen atoms in total.